The van der Waals surface area contributed by atoms with Gasteiger partial charge in [0.2, 0.25) is 0 Å². The highest BCUT2D eigenvalue weighted by atomic mass is 19.4. The van der Waals surface area contributed by atoms with E-state index in [-0.39, 0.29) is 0 Å². The number of hydrogen-bond donors (Lipinski definition) is 3. The van der Waals surface area contributed by atoms with Crippen LogP contribution in [0.1, 0.15) is 56.8 Å². The zero-order chi connectivity index (χ0) is 19.8. The van der Waals surface area contributed by atoms with Crippen LogP contribution < -0.4 is 5.32 Å². The average Bonchev–Trinajstić information content (AvgIpc) is 2.57. The molecule has 1 unspecified atom stereocenters. The zero-order valence-electron chi connectivity index (χ0n) is 14.9. The molecule has 1 aromatic carbocycles. The predicted octanol–water partition coefficient (Wildman–Crippen LogP) is 3.08. The lowest BCUT2D eigenvalue weighted by Gasteiger charge is -2.20. The molecule has 0 aliphatic carbocycles. The van der Waals surface area contributed by atoms with E-state index in [1.807, 2.05) is 13.8 Å². The number of carbonyl (C=O) groups is 1. The van der Waals surface area contributed by atoms with Crippen LogP contribution in [0.25, 0.3) is 0 Å². The quantitative estimate of drug-likeness (QED) is 0.645. The lowest BCUT2D eigenvalue weighted by Crippen LogP contribution is -2.38. The van der Waals surface area contributed by atoms with E-state index in [4.69, 9.17) is 0 Å². The first-order valence-electron chi connectivity index (χ1n) is 8.50. The Bertz CT molecular complexity index is 656. The molecule has 0 saturated carbocycles. The molecular formula is C19H24F3NO3. The van der Waals surface area contributed by atoms with Crippen LogP contribution in [-0.4, -0.2) is 34.4 Å². The van der Waals surface area contributed by atoms with E-state index >= 15 is 0 Å². The van der Waals surface area contributed by atoms with Crippen molar-refractivity contribution in [1.29, 1.82) is 0 Å². The summed E-state index contributed by atoms with van der Waals surface area (Å²) < 4.78 is 36.5. The van der Waals surface area contributed by atoms with Crippen LogP contribution in [0, 0.1) is 11.8 Å². The van der Waals surface area contributed by atoms with Crippen molar-refractivity contribution < 1.29 is 28.2 Å². The molecular weight excluding hydrogens is 347 g/mol. The van der Waals surface area contributed by atoms with Gasteiger partial charge in [-0.25, -0.2) is 0 Å². The molecule has 1 rings (SSSR count). The number of nitrogens with one attached hydrogen (secondary N) is 1. The van der Waals surface area contributed by atoms with Crippen molar-refractivity contribution in [3.8, 4) is 11.8 Å². The van der Waals surface area contributed by atoms with Gasteiger partial charge >= 0.3 is 12.1 Å². The first kappa shape index (κ1) is 22.0. The third-order valence-corrected chi connectivity index (χ3v) is 3.75. The Labute approximate surface area is 151 Å². The summed E-state index contributed by atoms with van der Waals surface area (Å²) in [6, 6.07) is 6.33. The summed E-state index contributed by atoms with van der Waals surface area (Å²) in [6.45, 7) is 3.34. The second kappa shape index (κ2) is 9.60. The first-order valence-corrected chi connectivity index (χ1v) is 8.50. The Morgan fingerprint density at radius 3 is 2.38 bits per heavy atom. The molecule has 144 valence electrons. The van der Waals surface area contributed by atoms with E-state index < -0.39 is 30.3 Å². The molecule has 0 radical (unpaired) electrons. The Hall–Kier alpha value is -2.04. The molecule has 0 fully saturated rings. The van der Waals surface area contributed by atoms with Gasteiger partial charge < -0.3 is 15.5 Å². The first-order chi connectivity index (χ1) is 12.1. The third kappa shape index (κ3) is 7.06. The van der Waals surface area contributed by atoms with Crippen LogP contribution in [0.3, 0.4) is 0 Å². The number of hydrogen-bond acceptors (Lipinski definition) is 3. The van der Waals surface area contributed by atoms with E-state index in [0.717, 1.165) is 12.8 Å². The Balaban J connectivity index is 2.85. The van der Waals surface area contributed by atoms with Gasteiger partial charge in [0.25, 0.3) is 0 Å². The summed E-state index contributed by atoms with van der Waals surface area (Å²) >= 11 is 0. The molecule has 0 spiro atoms. The molecule has 0 heterocycles. The van der Waals surface area contributed by atoms with Gasteiger partial charge in [-0.2, -0.15) is 13.2 Å². The lowest BCUT2D eigenvalue weighted by atomic mass is 9.93. The van der Waals surface area contributed by atoms with Crippen LogP contribution in [-0.2, 0) is 4.79 Å². The highest BCUT2D eigenvalue weighted by Gasteiger charge is 2.38. The Morgan fingerprint density at radius 1 is 1.23 bits per heavy atom. The number of benzene rings is 1. The monoisotopic (exact) mass is 371 g/mol. The maximum atomic E-state index is 12.2. The van der Waals surface area contributed by atoms with E-state index in [0.29, 0.717) is 24.0 Å². The van der Waals surface area contributed by atoms with Gasteiger partial charge in [-0.05, 0) is 30.5 Å². The standard InChI is InChI=1S/C19H24F3NO3/c1-3-9-18(26,10-4-2)11-8-14-6-5-7-15(12-14)16(24)13-23-17(25)19(20,21)22/h5-7,12,16,24,26H,3-4,9-10,13H2,1-2H3,(H,23,25). The molecule has 1 amide bonds. The van der Waals surface area contributed by atoms with Crippen molar-refractivity contribution in [1.82, 2.24) is 5.32 Å². The molecule has 3 N–H and O–H groups in total. The predicted molar refractivity (Wildman–Crippen MR) is 92.1 cm³/mol. The summed E-state index contributed by atoms with van der Waals surface area (Å²) in [4.78, 5) is 10.8. The number of aliphatic hydroxyl groups is 2. The van der Waals surface area contributed by atoms with Gasteiger partial charge in [0.05, 0.1) is 6.10 Å². The van der Waals surface area contributed by atoms with Crippen LogP contribution in [0.2, 0.25) is 0 Å². The van der Waals surface area contributed by atoms with Crippen LogP contribution >= 0.6 is 0 Å². The Morgan fingerprint density at radius 2 is 1.85 bits per heavy atom. The topological polar surface area (TPSA) is 69.6 Å². The lowest BCUT2D eigenvalue weighted by molar-refractivity contribution is -0.174. The maximum absolute atomic E-state index is 12.2. The summed E-state index contributed by atoms with van der Waals surface area (Å²) in [7, 11) is 0. The second-order valence-corrected chi connectivity index (χ2v) is 6.13. The van der Waals surface area contributed by atoms with Crippen molar-refractivity contribution in [2.75, 3.05) is 6.54 Å². The minimum Gasteiger partial charge on any atom is -0.387 e. The fourth-order valence-electron chi connectivity index (χ4n) is 2.50. The highest BCUT2D eigenvalue weighted by Crippen LogP contribution is 2.20. The number of rotatable bonds is 7. The van der Waals surface area contributed by atoms with Crippen molar-refractivity contribution in [2.45, 2.75) is 57.4 Å². The molecule has 0 bridgehead atoms. The summed E-state index contributed by atoms with van der Waals surface area (Å²) in [6.07, 6.45) is -3.64. The van der Waals surface area contributed by atoms with Crippen molar-refractivity contribution in [3.05, 3.63) is 35.4 Å². The molecule has 0 aromatic heterocycles. The molecule has 26 heavy (non-hydrogen) atoms. The molecule has 0 saturated heterocycles. The molecule has 7 heteroatoms. The van der Waals surface area contributed by atoms with Gasteiger partial charge in [0.15, 0.2) is 0 Å². The number of carbonyl (C=O) groups excluding carboxylic acids is 1. The van der Waals surface area contributed by atoms with E-state index in [9.17, 15) is 28.2 Å². The summed E-state index contributed by atoms with van der Waals surface area (Å²) in [5.41, 5.74) is -0.234. The maximum Gasteiger partial charge on any atom is 0.471 e. The van der Waals surface area contributed by atoms with E-state index in [1.165, 1.54) is 12.1 Å². The molecule has 0 aliphatic rings. The van der Waals surface area contributed by atoms with Gasteiger partial charge in [-0.15, -0.1) is 0 Å². The normalized spacial score (nSPS) is 12.9. The minimum absolute atomic E-state index is 0.328. The summed E-state index contributed by atoms with van der Waals surface area (Å²) in [5, 5.41) is 22.1. The summed E-state index contributed by atoms with van der Waals surface area (Å²) in [5.74, 6) is 3.62. The smallest absolute Gasteiger partial charge is 0.387 e. The Kier molecular flexibility index (Phi) is 8.12. The highest BCUT2D eigenvalue weighted by molar-refractivity contribution is 5.81. The molecule has 1 aromatic rings. The SMILES string of the molecule is CCCC(O)(C#Cc1cccc(C(O)CNC(=O)C(F)(F)F)c1)CCC. The number of amides is 1. The fraction of sp³-hybridized carbons (Fsp3) is 0.526. The van der Waals surface area contributed by atoms with E-state index in [1.54, 1.807) is 17.4 Å². The van der Waals surface area contributed by atoms with Gasteiger partial charge in [0.1, 0.15) is 5.60 Å². The van der Waals surface area contributed by atoms with Crippen LogP contribution in [0.15, 0.2) is 24.3 Å². The van der Waals surface area contributed by atoms with Gasteiger partial charge in [-0.3, -0.25) is 4.79 Å². The zero-order valence-corrected chi connectivity index (χ0v) is 14.9. The van der Waals surface area contributed by atoms with Crippen LogP contribution in [0.4, 0.5) is 13.2 Å². The minimum atomic E-state index is -4.99. The van der Waals surface area contributed by atoms with E-state index in [2.05, 4.69) is 11.8 Å². The number of halogens is 3. The largest absolute Gasteiger partial charge is 0.471 e. The second-order valence-electron chi connectivity index (χ2n) is 6.13. The van der Waals surface area contributed by atoms with Gasteiger partial charge in [0, 0.05) is 12.1 Å². The molecule has 0 aliphatic heterocycles. The van der Waals surface area contributed by atoms with Crippen LogP contribution in [0.5, 0.6) is 0 Å². The van der Waals surface area contributed by atoms with Crippen molar-refractivity contribution >= 4 is 5.91 Å². The van der Waals surface area contributed by atoms with Crippen molar-refractivity contribution in [2.24, 2.45) is 0 Å². The fourth-order valence-corrected chi connectivity index (χ4v) is 2.50. The average molecular weight is 371 g/mol. The molecule has 4 nitrogen and oxygen atoms in total. The van der Waals surface area contributed by atoms with Crippen molar-refractivity contribution in [3.63, 3.8) is 0 Å². The number of aliphatic hydroxyl groups excluding tert-OH is 1. The number of alkyl halides is 3. The molecule has 1 atom stereocenters. The van der Waals surface area contributed by atoms with Gasteiger partial charge in [-0.1, -0.05) is 50.7 Å². The third-order valence-electron chi connectivity index (χ3n) is 3.75.